The molecule has 7 fully saturated rings. The van der Waals surface area contributed by atoms with E-state index in [0.29, 0.717) is 19.3 Å². The lowest BCUT2D eigenvalue weighted by Gasteiger charge is -2.71. The van der Waals surface area contributed by atoms with Crippen molar-refractivity contribution in [1.29, 1.82) is 0 Å². The van der Waals surface area contributed by atoms with Gasteiger partial charge in [-0.25, -0.2) is 4.79 Å². The van der Waals surface area contributed by atoms with Crippen LogP contribution in [0.4, 0.5) is 0 Å². The Morgan fingerprint density at radius 1 is 0.708 bits per heavy atom. The third-order valence-electron chi connectivity index (χ3n) is 18.9. The standard InChI is InChI=1S/C47H74O18/c1-42(2)14-16-47(41(59)65-39-32(54)30(52)29(51)24(19-48)61-39)17-15-45(6)21(22(47)18-42)8-9-26-44(5)12-11-27(43(3,4)25(44)10-13-46(26,45)7)62-40-34(56)35(33(55)36(64-40)37(57)58)63-38-31(53)28(50)23(49)20-60-38/h8,22-36,38-40,48-56H,9-20H2,1-7H3,(H,57,58)/t22-,23+,24-,25?,26?,27?,28+,29-,30+,31-,32-,33+,34-,35+,36+,38+,39+,40+,44+,45-,46-,47+/m1/s1. The fourth-order valence-corrected chi connectivity index (χ4v) is 14.7. The van der Waals surface area contributed by atoms with Gasteiger partial charge in [-0.3, -0.25) is 4.79 Å². The van der Waals surface area contributed by atoms with E-state index in [1.54, 1.807) is 0 Å². The van der Waals surface area contributed by atoms with E-state index in [1.807, 2.05) is 0 Å². The summed E-state index contributed by atoms with van der Waals surface area (Å²) in [6.45, 7) is 14.9. The second-order valence-electron chi connectivity index (χ2n) is 23.1. The normalized spacial score (nSPS) is 52.7. The number of fused-ring (bicyclic) bond motifs is 7. The van der Waals surface area contributed by atoms with Gasteiger partial charge in [0.05, 0.1) is 24.7 Å². The third-order valence-corrected chi connectivity index (χ3v) is 18.9. The molecular weight excluding hydrogens is 852 g/mol. The molecule has 3 heterocycles. The number of carboxylic acid groups (broad SMARTS) is 1. The molecule has 22 atom stereocenters. The molecule has 8 rings (SSSR count). The number of aliphatic carboxylic acids is 1. The van der Waals surface area contributed by atoms with Crippen molar-refractivity contribution in [3.63, 3.8) is 0 Å². The number of ether oxygens (including phenoxy) is 6. The van der Waals surface area contributed by atoms with Gasteiger partial charge in [0, 0.05) is 0 Å². The van der Waals surface area contributed by atoms with Crippen molar-refractivity contribution in [2.75, 3.05) is 13.2 Å². The minimum absolute atomic E-state index is 0.0677. The SMILES string of the molecule is CC1(C)CC[C@]2(C(=O)O[C@@H]3O[C@H](CO)[C@@H](O)[C@H](O)[C@H]3O)CC[C@]3(C)C(=CCC4[C@@]5(C)CCC(O[C@H]6O[C@H](C(=O)O)[C@@H](O)[C@H](O[C@@H]7OC[C@H](O)[C@H](O)[C@H]7O)[C@H]6O)C(C)(C)C5CC[C@]43C)[C@H]2C1. The van der Waals surface area contributed by atoms with Gasteiger partial charge < -0.3 is 79.5 Å². The first kappa shape index (κ1) is 49.5. The highest BCUT2D eigenvalue weighted by atomic mass is 16.7. The van der Waals surface area contributed by atoms with Crippen LogP contribution in [0.1, 0.15) is 113 Å². The second-order valence-corrected chi connectivity index (χ2v) is 23.1. The number of hydrogen-bond acceptors (Lipinski definition) is 17. The molecule has 3 saturated heterocycles. The number of carbonyl (C=O) groups excluding carboxylic acids is 1. The lowest BCUT2D eigenvalue weighted by Crippen LogP contribution is -2.67. The summed E-state index contributed by atoms with van der Waals surface area (Å²) < 4.78 is 35.1. The van der Waals surface area contributed by atoms with E-state index < -0.39 is 128 Å². The lowest BCUT2D eigenvalue weighted by molar-refractivity contribution is -0.357. The van der Waals surface area contributed by atoms with Gasteiger partial charge in [-0.2, -0.15) is 0 Å². The minimum Gasteiger partial charge on any atom is -0.479 e. The van der Waals surface area contributed by atoms with Crippen LogP contribution in [0.15, 0.2) is 11.6 Å². The van der Waals surface area contributed by atoms with Crippen molar-refractivity contribution >= 4 is 11.9 Å². The summed E-state index contributed by atoms with van der Waals surface area (Å²) in [7, 11) is 0. The Kier molecular flexibility index (Phi) is 13.1. The number of rotatable bonds is 8. The highest BCUT2D eigenvalue weighted by Gasteiger charge is 2.70. The zero-order valence-electron chi connectivity index (χ0n) is 38.7. The van der Waals surface area contributed by atoms with Gasteiger partial charge in [-0.1, -0.05) is 60.1 Å². The van der Waals surface area contributed by atoms with Crippen molar-refractivity contribution in [2.24, 2.45) is 50.2 Å². The van der Waals surface area contributed by atoms with Crippen LogP contribution in [0.3, 0.4) is 0 Å². The first-order valence-corrected chi connectivity index (χ1v) is 23.7. The van der Waals surface area contributed by atoms with E-state index in [0.717, 1.165) is 44.9 Å². The molecule has 0 spiro atoms. The van der Waals surface area contributed by atoms with Gasteiger partial charge in [0.15, 0.2) is 18.7 Å². The monoisotopic (exact) mass is 926 g/mol. The molecule has 18 nitrogen and oxygen atoms in total. The van der Waals surface area contributed by atoms with Crippen molar-refractivity contribution < 1.29 is 89.1 Å². The predicted octanol–water partition coefficient (Wildman–Crippen LogP) is 0.872. The van der Waals surface area contributed by atoms with E-state index in [4.69, 9.17) is 28.4 Å². The summed E-state index contributed by atoms with van der Waals surface area (Å²) in [5.41, 5.74) is -0.846. The molecule has 0 radical (unpaired) electrons. The topological polar surface area (TPSA) is 292 Å². The molecule has 4 saturated carbocycles. The Balaban J connectivity index is 1.03. The fourth-order valence-electron chi connectivity index (χ4n) is 14.7. The molecule has 0 aromatic heterocycles. The van der Waals surface area contributed by atoms with E-state index >= 15 is 0 Å². The van der Waals surface area contributed by atoms with Crippen LogP contribution >= 0.6 is 0 Å². The Labute approximate surface area is 380 Å². The summed E-state index contributed by atoms with van der Waals surface area (Å²) >= 11 is 0. The molecule has 10 N–H and O–H groups in total. The molecule has 18 heteroatoms. The highest BCUT2D eigenvalue weighted by molar-refractivity contribution is 5.79. The average Bonchev–Trinajstić information content (AvgIpc) is 3.24. The Bertz CT molecular complexity index is 1820. The summed E-state index contributed by atoms with van der Waals surface area (Å²) in [6, 6.07) is 0. The Hall–Kier alpha value is -1.88. The Morgan fingerprint density at radius 3 is 2.06 bits per heavy atom. The van der Waals surface area contributed by atoms with E-state index in [1.165, 1.54) is 5.57 Å². The van der Waals surface area contributed by atoms with Crippen LogP contribution in [-0.4, -0.2) is 168 Å². The van der Waals surface area contributed by atoms with E-state index in [9.17, 15) is 60.7 Å². The maximum Gasteiger partial charge on any atom is 0.335 e. The predicted molar refractivity (Wildman–Crippen MR) is 225 cm³/mol. The summed E-state index contributed by atoms with van der Waals surface area (Å²) in [6.07, 6.45) is -13.7. The van der Waals surface area contributed by atoms with Gasteiger partial charge in [0.2, 0.25) is 6.29 Å². The van der Waals surface area contributed by atoms with Crippen LogP contribution in [0.5, 0.6) is 0 Å². The molecular formula is C47H74O18. The third kappa shape index (κ3) is 7.76. The lowest BCUT2D eigenvalue weighted by atomic mass is 9.33. The van der Waals surface area contributed by atoms with Crippen molar-refractivity contribution in [3.8, 4) is 0 Å². The van der Waals surface area contributed by atoms with Crippen LogP contribution in [-0.2, 0) is 38.0 Å². The van der Waals surface area contributed by atoms with E-state index in [-0.39, 0.29) is 39.4 Å². The van der Waals surface area contributed by atoms with Crippen LogP contribution < -0.4 is 0 Å². The number of esters is 1. The van der Waals surface area contributed by atoms with Gasteiger partial charge in [0.25, 0.3) is 0 Å². The molecule has 5 aliphatic carbocycles. The molecule has 3 unspecified atom stereocenters. The average molecular weight is 927 g/mol. The number of allylic oxidation sites excluding steroid dienone is 2. The van der Waals surface area contributed by atoms with Gasteiger partial charge >= 0.3 is 11.9 Å². The molecule has 3 aliphatic heterocycles. The first-order valence-electron chi connectivity index (χ1n) is 23.7. The zero-order valence-corrected chi connectivity index (χ0v) is 38.7. The molecule has 370 valence electrons. The molecule has 0 aromatic carbocycles. The maximum absolute atomic E-state index is 14.7. The summed E-state index contributed by atoms with van der Waals surface area (Å²) in [4.78, 5) is 27.0. The minimum atomic E-state index is -1.90. The van der Waals surface area contributed by atoms with Crippen LogP contribution in [0.25, 0.3) is 0 Å². The van der Waals surface area contributed by atoms with Crippen molar-refractivity contribution in [2.45, 2.75) is 205 Å². The summed E-state index contributed by atoms with van der Waals surface area (Å²) in [5.74, 6) is -1.80. The number of carboxylic acids is 1. The zero-order chi connectivity index (χ0) is 47.6. The first-order chi connectivity index (χ1) is 30.3. The van der Waals surface area contributed by atoms with Crippen LogP contribution in [0, 0.1) is 50.2 Å². The number of aliphatic hydroxyl groups is 9. The van der Waals surface area contributed by atoms with Crippen molar-refractivity contribution in [1.82, 2.24) is 0 Å². The molecule has 65 heavy (non-hydrogen) atoms. The maximum atomic E-state index is 14.7. The van der Waals surface area contributed by atoms with Gasteiger partial charge in [-0.05, 0) is 109 Å². The number of aliphatic hydroxyl groups excluding tert-OH is 9. The molecule has 0 amide bonds. The fraction of sp³-hybridized carbons (Fsp3) is 0.915. The smallest absolute Gasteiger partial charge is 0.335 e. The highest BCUT2D eigenvalue weighted by Crippen LogP contribution is 2.76. The largest absolute Gasteiger partial charge is 0.479 e. The van der Waals surface area contributed by atoms with Crippen molar-refractivity contribution in [3.05, 3.63) is 11.6 Å². The molecule has 0 bridgehead atoms. The second kappa shape index (κ2) is 17.2. The summed E-state index contributed by atoms with van der Waals surface area (Å²) in [5, 5.41) is 105. The van der Waals surface area contributed by atoms with Gasteiger partial charge in [-0.15, -0.1) is 0 Å². The van der Waals surface area contributed by atoms with Gasteiger partial charge in [0.1, 0.15) is 61.0 Å². The van der Waals surface area contributed by atoms with Crippen LogP contribution in [0.2, 0.25) is 0 Å². The quantitative estimate of drug-likeness (QED) is 0.0918. The molecule has 8 aliphatic rings. The van der Waals surface area contributed by atoms with E-state index in [2.05, 4.69) is 54.5 Å². The number of hydrogen-bond donors (Lipinski definition) is 10. The number of carbonyl (C=O) groups is 2. The molecule has 0 aromatic rings. The Morgan fingerprint density at radius 2 is 1.38 bits per heavy atom.